The van der Waals surface area contributed by atoms with E-state index in [9.17, 15) is 9.90 Å². The van der Waals surface area contributed by atoms with E-state index in [2.05, 4.69) is 0 Å². The van der Waals surface area contributed by atoms with Gasteiger partial charge in [0, 0.05) is 31.7 Å². The van der Waals surface area contributed by atoms with Gasteiger partial charge in [0.15, 0.2) is 0 Å². The Morgan fingerprint density at radius 3 is 2.67 bits per heavy atom. The van der Waals surface area contributed by atoms with Crippen molar-refractivity contribution in [1.82, 2.24) is 9.47 Å². The predicted octanol–water partition coefficient (Wildman–Crippen LogP) is 2.49. The van der Waals surface area contributed by atoms with Crippen LogP contribution in [0.15, 0.2) is 12.3 Å². The Morgan fingerprint density at radius 1 is 1.24 bits per heavy atom. The van der Waals surface area contributed by atoms with Crippen molar-refractivity contribution in [2.24, 2.45) is 13.0 Å². The molecular weight excluding hydrogens is 264 g/mol. The van der Waals surface area contributed by atoms with Crippen molar-refractivity contribution in [1.29, 1.82) is 0 Å². The van der Waals surface area contributed by atoms with Crippen LogP contribution in [-0.2, 0) is 7.05 Å². The SMILES string of the molecule is Cc1ccn(C)c1C(=O)N1CCC[C@@H]1[C@H]1CCCC[C@H]1O. The highest BCUT2D eigenvalue weighted by Crippen LogP contribution is 2.35. The molecule has 21 heavy (non-hydrogen) atoms. The van der Waals surface area contributed by atoms with E-state index in [-0.39, 0.29) is 24.0 Å². The third kappa shape index (κ3) is 2.61. The number of aliphatic hydroxyl groups excluding tert-OH is 1. The topological polar surface area (TPSA) is 45.5 Å². The van der Waals surface area contributed by atoms with Crippen molar-refractivity contribution in [2.45, 2.75) is 57.6 Å². The molecule has 1 saturated carbocycles. The summed E-state index contributed by atoms with van der Waals surface area (Å²) in [6.07, 6.45) is 8.07. The van der Waals surface area contributed by atoms with Gasteiger partial charge >= 0.3 is 0 Å². The largest absolute Gasteiger partial charge is 0.393 e. The van der Waals surface area contributed by atoms with Gasteiger partial charge in [0.25, 0.3) is 5.91 Å². The molecule has 1 aliphatic heterocycles. The second kappa shape index (κ2) is 5.84. The van der Waals surface area contributed by atoms with E-state index in [1.165, 1.54) is 6.42 Å². The minimum atomic E-state index is -0.230. The van der Waals surface area contributed by atoms with E-state index in [0.29, 0.717) is 0 Å². The summed E-state index contributed by atoms with van der Waals surface area (Å²) in [5.41, 5.74) is 1.84. The van der Waals surface area contributed by atoms with Crippen molar-refractivity contribution in [2.75, 3.05) is 6.54 Å². The number of carbonyl (C=O) groups is 1. The fraction of sp³-hybridized carbons (Fsp3) is 0.706. The molecule has 2 aliphatic rings. The first kappa shape index (κ1) is 14.6. The predicted molar refractivity (Wildman–Crippen MR) is 82.2 cm³/mol. The maximum atomic E-state index is 12.9. The first-order valence-electron chi connectivity index (χ1n) is 8.20. The smallest absolute Gasteiger partial charge is 0.271 e. The Bertz CT molecular complexity index is 503. The van der Waals surface area contributed by atoms with Gasteiger partial charge in [0.2, 0.25) is 0 Å². The van der Waals surface area contributed by atoms with Crippen LogP contribution >= 0.6 is 0 Å². The summed E-state index contributed by atoms with van der Waals surface area (Å²) < 4.78 is 1.92. The number of rotatable bonds is 2. The molecular formula is C17H26N2O2. The summed E-state index contributed by atoms with van der Waals surface area (Å²) in [6, 6.07) is 2.22. The maximum Gasteiger partial charge on any atom is 0.271 e. The monoisotopic (exact) mass is 290 g/mol. The standard InChI is InChI=1S/C17H26N2O2/c1-12-9-11-18(2)16(12)17(21)19-10-5-7-14(19)13-6-3-4-8-15(13)20/h9,11,13-15,20H,3-8,10H2,1-2H3/t13-,14-,15-/m1/s1. The van der Waals surface area contributed by atoms with E-state index in [1.54, 1.807) is 0 Å². The van der Waals surface area contributed by atoms with Crippen molar-refractivity contribution in [3.63, 3.8) is 0 Å². The van der Waals surface area contributed by atoms with E-state index in [1.807, 2.05) is 35.7 Å². The van der Waals surface area contributed by atoms with Crippen LogP contribution in [0.3, 0.4) is 0 Å². The molecule has 116 valence electrons. The first-order chi connectivity index (χ1) is 10.1. The summed E-state index contributed by atoms with van der Waals surface area (Å²) in [4.78, 5) is 15.0. The van der Waals surface area contributed by atoms with Gasteiger partial charge in [-0.1, -0.05) is 12.8 Å². The average Bonchev–Trinajstić information content (AvgIpc) is 3.06. The molecule has 0 spiro atoms. The van der Waals surface area contributed by atoms with Gasteiger partial charge in [-0.25, -0.2) is 0 Å². The molecule has 4 heteroatoms. The third-order valence-corrected chi connectivity index (χ3v) is 5.31. The Balaban J connectivity index is 1.82. The first-order valence-corrected chi connectivity index (χ1v) is 8.20. The molecule has 4 nitrogen and oxygen atoms in total. The molecule has 1 saturated heterocycles. The highest BCUT2D eigenvalue weighted by atomic mass is 16.3. The number of hydrogen-bond acceptors (Lipinski definition) is 2. The zero-order valence-corrected chi connectivity index (χ0v) is 13.1. The maximum absolute atomic E-state index is 12.9. The number of aliphatic hydroxyl groups is 1. The van der Waals surface area contributed by atoms with Crippen LogP contribution in [0.2, 0.25) is 0 Å². The lowest BCUT2D eigenvalue weighted by molar-refractivity contribution is 0.0208. The number of hydrogen-bond donors (Lipinski definition) is 1. The van der Waals surface area contributed by atoms with E-state index >= 15 is 0 Å². The van der Waals surface area contributed by atoms with E-state index < -0.39 is 0 Å². The summed E-state index contributed by atoms with van der Waals surface area (Å²) in [5.74, 6) is 0.408. The Labute approximate surface area is 126 Å². The highest BCUT2D eigenvalue weighted by molar-refractivity contribution is 5.94. The zero-order chi connectivity index (χ0) is 15.0. The molecule has 0 aromatic carbocycles. The molecule has 0 bridgehead atoms. The van der Waals surface area contributed by atoms with Crippen LogP contribution in [-0.4, -0.2) is 39.2 Å². The van der Waals surface area contributed by atoms with E-state index in [0.717, 1.165) is 49.9 Å². The fourth-order valence-electron chi connectivity index (χ4n) is 4.19. The molecule has 3 rings (SSSR count). The average molecular weight is 290 g/mol. The minimum Gasteiger partial charge on any atom is -0.393 e. The molecule has 1 amide bonds. The van der Waals surface area contributed by atoms with Gasteiger partial charge in [0.1, 0.15) is 5.69 Å². The number of carbonyl (C=O) groups excluding carboxylic acids is 1. The van der Waals surface area contributed by atoms with Gasteiger partial charge in [-0.3, -0.25) is 4.79 Å². The van der Waals surface area contributed by atoms with Crippen LogP contribution in [0.25, 0.3) is 0 Å². The van der Waals surface area contributed by atoms with Gasteiger partial charge in [-0.15, -0.1) is 0 Å². The van der Waals surface area contributed by atoms with Crippen molar-refractivity contribution in [3.05, 3.63) is 23.5 Å². The molecule has 1 N–H and O–H groups in total. The quantitative estimate of drug-likeness (QED) is 0.909. The molecule has 0 unspecified atom stereocenters. The van der Waals surface area contributed by atoms with Gasteiger partial charge in [-0.05, 0) is 44.2 Å². The van der Waals surface area contributed by atoms with Crippen molar-refractivity contribution >= 4 is 5.91 Å². The Morgan fingerprint density at radius 2 is 2.00 bits per heavy atom. The molecule has 2 heterocycles. The Hall–Kier alpha value is -1.29. The second-order valence-corrected chi connectivity index (χ2v) is 6.68. The Kier molecular flexibility index (Phi) is 4.07. The lowest BCUT2D eigenvalue weighted by Crippen LogP contribution is -2.45. The van der Waals surface area contributed by atoms with E-state index in [4.69, 9.17) is 0 Å². The molecule has 1 aliphatic carbocycles. The second-order valence-electron chi connectivity index (χ2n) is 6.68. The van der Waals surface area contributed by atoms with Crippen LogP contribution in [0.5, 0.6) is 0 Å². The van der Waals surface area contributed by atoms with Gasteiger partial charge in [0.05, 0.1) is 6.10 Å². The van der Waals surface area contributed by atoms with Crippen LogP contribution in [0.1, 0.15) is 54.6 Å². The number of aryl methyl sites for hydroxylation is 2. The molecule has 2 fully saturated rings. The normalized spacial score (nSPS) is 29.9. The molecule has 1 aromatic rings. The summed E-state index contributed by atoms with van der Waals surface area (Å²) in [5, 5.41) is 10.3. The molecule has 3 atom stereocenters. The number of aromatic nitrogens is 1. The molecule has 0 radical (unpaired) electrons. The van der Waals surface area contributed by atoms with Crippen LogP contribution < -0.4 is 0 Å². The minimum absolute atomic E-state index is 0.139. The lowest BCUT2D eigenvalue weighted by atomic mass is 9.80. The summed E-state index contributed by atoms with van der Waals surface area (Å²) in [7, 11) is 1.93. The van der Waals surface area contributed by atoms with Gasteiger partial charge in [-0.2, -0.15) is 0 Å². The van der Waals surface area contributed by atoms with Crippen LogP contribution in [0, 0.1) is 12.8 Å². The number of nitrogens with zero attached hydrogens (tertiary/aromatic N) is 2. The highest BCUT2D eigenvalue weighted by Gasteiger charge is 2.39. The molecule has 1 aromatic heterocycles. The lowest BCUT2D eigenvalue weighted by Gasteiger charge is -2.37. The summed E-state index contributed by atoms with van der Waals surface area (Å²) >= 11 is 0. The third-order valence-electron chi connectivity index (χ3n) is 5.31. The van der Waals surface area contributed by atoms with Crippen LogP contribution in [0.4, 0.5) is 0 Å². The van der Waals surface area contributed by atoms with Crippen molar-refractivity contribution in [3.8, 4) is 0 Å². The summed E-state index contributed by atoms with van der Waals surface area (Å²) in [6.45, 7) is 2.82. The number of amides is 1. The van der Waals surface area contributed by atoms with Gasteiger partial charge < -0.3 is 14.6 Å². The zero-order valence-electron chi connectivity index (χ0n) is 13.1. The number of likely N-dealkylation sites (tertiary alicyclic amines) is 1. The fourth-order valence-corrected chi connectivity index (χ4v) is 4.19. The van der Waals surface area contributed by atoms with Crippen molar-refractivity contribution < 1.29 is 9.90 Å².